The molecule has 0 aliphatic rings. The summed E-state index contributed by atoms with van der Waals surface area (Å²) in [5.74, 6) is 0. The van der Waals surface area contributed by atoms with E-state index >= 15 is 0 Å². The van der Waals surface area contributed by atoms with Gasteiger partial charge in [0.25, 0.3) is 0 Å². The average Bonchev–Trinajstić information content (AvgIpc) is 2.48. The molecular weight excluding hydrogens is 321 g/mol. The van der Waals surface area contributed by atoms with Crippen LogP contribution in [0.2, 0.25) is 0 Å². The lowest BCUT2D eigenvalue weighted by molar-refractivity contribution is -0.137. The fourth-order valence-electron chi connectivity index (χ4n) is 2.21. The molecule has 0 fully saturated rings. The molecule has 0 aliphatic heterocycles. The third-order valence-electron chi connectivity index (χ3n) is 3.43. The number of nitrogens with one attached hydrogen (secondary N) is 2. The summed E-state index contributed by atoms with van der Waals surface area (Å²) in [4.78, 5) is 0. The summed E-state index contributed by atoms with van der Waals surface area (Å²) in [5.41, 5.74) is 2.87. The zero-order valence-electron chi connectivity index (χ0n) is 12.8. The summed E-state index contributed by atoms with van der Waals surface area (Å²) in [5, 5.41) is 6.40. The maximum absolute atomic E-state index is 12.7. The minimum Gasteiger partial charge on any atom is -0.358 e. The highest BCUT2D eigenvalue weighted by molar-refractivity contribution is 7.80. The summed E-state index contributed by atoms with van der Waals surface area (Å²) in [7, 11) is 0. The first-order chi connectivity index (χ1) is 10.8. The zero-order chi connectivity index (χ0) is 17.0. The second-order valence-corrected chi connectivity index (χ2v) is 5.68. The van der Waals surface area contributed by atoms with Crippen LogP contribution in [0.3, 0.4) is 0 Å². The molecule has 0 heterocycles. The van der Waals surface area contributed by atoms with Gasteiger partial charge in [-0.2, -0.15) is 13.2 Å². The van der Waals surface area contributed by atoms with Crippen LogP contribution in [0.1, 0.15) is 22.3 Å². The molecule has 0 unspecified atom stereocenters. The van der Waals surface area contributed by atoms with Gasteiger partial charge in [0.1, 0.15) is 0 Å². The molecule has 0 atom stereocenters. The van der Waals surface area contributed by atoms with Crippen LogP contribution < -0.4 is 10.6 Å². The van der Waals surface area contributed by atoms with Gasteiger partial charge in [-0.25, -0.2) is 0 Å². The van der Waals surface area contributed by atoms with Gasteiger partial charge in [-0.3, -0.25) is 0 Å². The number of hydrogen-bond donors (Lipinski definition) is 2. The van der Waals surface area contributed by atoms with Crippen molar-refractivity contribution in [1.29, 1.82) is 0 Å². The van der Waals surface area contributed by atoms with Crippen LogP contribution >= 0.6 is 12.2 Å². The number of anilines is 1. The van der Waals surface area contributed by atoms with Crippen molar-refractivity contribution in [3.05, 3.63) is 64.7 Å². The molecule has 0 saturated heterocycles. The Hall–Kier alpha value is -2.08. The van der Waals surface area contributed by atoms with Gasteiger partial charge < -0.3 is 10.6 Å². The molecule has 2 rings (SSSR count). The van der Waals surface area contributed by atoms with Crippen molar-refractivity contribution in [1.82, 2.24) is 5.32 Å². The van der Waals surface area contributed by atoms with Crippen LogP contribution in [0.4, 0.5) is 18.9 Å². The number of para-hydroxylation sites is 1. The van der Waals surface area contributed by atoms with Crippen LogP contribution in [-0.4, -0.2) is 5.11 Å². The first kappa shape index (κ1) is 17.3. The predicted molar refractivity (Wildman–Crippen MR) is 90.4 cm³/mol. The van der Waals surface area contributed by atoms with Crippen molar-refractivity contribution < 1.29 is 13.2 Å². The highest BCUT2D eigenvalue weighted by Crippen LogP contribution is 2.29. The number of alkyl halides is 3. The van der Waals surface area contributed by atoms with Crippen LogP contribution in [-0.2, 0) is 12.7 Å². The summed E-state index contributed by atoms with van der Waals surface area (Å²) in [6.07, 6.45) is -4.34. The smallest absolute Gasteiger partial charge is 0.358 e. The van der Waals surface area contributed by atoms with Crippen molar-refractivity contribution in [2.75, 3.05) is 5.32 Å². The maximum atomic E-state index is 12.7. The molecule has 0 saturated carbocycles. The van der Waals surface area contributed by atoms with Crippen molar-refractivity contribution in [2.24, 2.45) is 0 Å². The van der Waals surface area contributed by atoms with E-state index in [0.29, 0.717) is 10.7 Å². The average molecular weight is 338 g/mol. The van der Waals surface area contributed by atoms with Crippen molar-refractivity contribution in [3.63, 3.8) is 0 Å². The Labute approximate surface area is 138 Å². The quantitative estimate of drug-likeness (QED) is 0.786. The molecule has 2 N–H and O–H groups in total. The van der Waals surface area contributed by atoms with Gasteiger partial charge in [-0.05, 0) is 54.9 Å². The van der Waals surface area contributed by atoms with Crippen LogP contribution in [0.5, 0.6) is 0 Å². The van der Waals surface area contributed by atoms with Gasteiger partial charge in [-0.15, -0.1) is 0 Å². The lowest BCUT2D eigenvalue weighted by atomic mass is 10.1. The molecule has 2 aromatic carbocycles. The van der Waals surface area contributed by atoms with E-state index in [1.54, 1.807) is 6.07 Å². The highest BCUT2D eigenvalue weighted by atomic mass is 32.1. The number of rotatable bonds is 3. The largest absolute Gasteiger partial charge is 0.416 e. The Bertz CT molecular complexity index is 691. The van der Waals surface area contributed by atoms with E-state index < -0.39 is 11.7 Å². The Morgan fingerprint density at radius 1 is 1.04 bits per heavy atom. The van der Waals surface area contributed by atoms with E-state index in [9.17, 15) is 13.2 Å². The van der Waals surface area contributed by atoms with Crippen LogP contribution in [0, 0.1) is 13.8 Å². The topological polar surface area (TPSA) is 24.1 Å². The SMILES string of the molecule is Cc1cccc(C)c1NC(=S)NCc1cccc(C(F)(F)F)c1. The first-order valence-electron chi connectivity index (χ1n) is 7.04. The zero-order valence-corrected chi connectivity index (χ0v) is 13.6. The van der Waals surface area contributed by atoms with Crippen molar-refractivity contribution in [3.8, 4) is 0 Å². The minimum atomic E-state index is -4.34. The molecule has 6 heteroatoms. The summed E-state index contributed by atoms with van der Waals surface area (Å²) < 4.78 is 38.1. The van der Waals surface area contributed by atoms with Crippen LogP contribution in [0.25, 0.3) is 0 Å². The number of benzene rings is 2. The fourth-order valence-corrected chi connectivity index (χ4v) is 2.38. The highest BCUT2D eigenvalue weighted by Gasteiger charge is 2.30. The molecular formula is C17H17F3N2S. The Kier molecular flexibility index (Phi) is 5.26. The predicted octanol–water partition coefficient (Wildman–Crippen LogP) is 4.81. The van der Waals surface area contributed by atoms with Crippen molar-refractivity contribution in [2.45, 2.75) is 26.6 Å². The number of halogens is 3. The lowest BCUT2D eigenvalue weighted by Crippen LogP contribution is -2.28. The Morgan fingerprint density at radius 2 is 1.65 bits per heavy atom. The molecule has 2 nitrogen and oxygen atoms in total. The Balaban J connectivity index is 2.00. The maximum Gasteiger partial charge on any atom is 0.416 e. The minimum absolute atomic E-state index is 0.223. The van der Waals surface area contributed by atoms with E-state index in [-0.39, 0.29) is 6.54 Å². The second kappa shape index (κ2) is 7.00. The van der Waals surface area contributed by atoms with Gasteiger partial charge in [0.15, 0.2) is 5.11 Å². The van der Waals surface area contributed by atoms with Gasteiger partial charge in [0, 0.05) is 12.2 Å². The fraction of sp³-hybridized carbons (Fsp3) is 0.235. The molecule has 0 spiro atoms. The van der Waals surface area contributed by atoms with Gasteiger partial charge in [0.05, 0.1) is 5.56 Å². The summed E-state index contributed by atoms with van der Waals surface area (Å²) in [6.45, 7) is 4.15. The lowest BCUT2D eigenvalue weighted by Gasteiger charge is -2.15. The molecule has 0 amide bonds. The van der Waals surface area contributed by atoms with E-state index in [1.807, 2.05) is 32.0 Å². The van der Waals surface area contributed by atoms with Gasteiger partial charge in [0.2, 0.25) is 0 Å². The molecule has 0 bridgehead atoms. The van der Waals surface area contributed by atoms with Crippen LogP contribution in [0.15, 0.2) is 42.5 Å². The van der Waals surface area contributed by atoms with Crippen molar-refractivity contribution >= 4 is 23.0 Å². The molecule has 2 aromatic rings. The summed E-state index contributed by atoms with van der Waals surface area (Å²) in [6, 6.07) is 11.1. The normalized spacial score (nSPS) is 11.2. The number of aryl methyl sites for hydroxylation is 2. The standard InChI is InChI=1S/C17H17F3N2S/c1-11-5-3-6-12(2)15(11)22-16(23)21-10-13-7-4-8-14(9-13)17(18,19)20/h3-9H,10H2,1-2H3,(H2,21,22,23). The van der Waals surface area contributed by atoms with E-state index in [0.717, 1.165) is 28.9 Å². The number of thiocarbonyl (C=S) groups is 1. The monoisotopic (exact) mass is 338 g/mol. The van der Waals surface area contributed by atoms with E-state index in [1.165, 1.54) is 6.07 Å². The van der Waals surface area contributed by atoms with Gasteiger partial charge >= 0.3 is 6.18 Å². The van der Waals surface area contributed by atoms with E-state index in [2.05, 4.69) is 10.6 Å². The molecule has 23 heavy (non-hydrogen) atoms. The second-order valence-electron chi connectivity index (χ2n) is 5.27. The first-order valence-corrected chi connectivity index (χ1v) is 7.45. The molecule has 122 valence electrons. The van der Waals surface area contributed by atoms with E-state index in [4.69, 9.17) is 12.2 Å². The molecule has 0 aromatic heterocycles. The van der Waals surface area contributed by atoms with Gasteiger partial charge in [-0.1, -0.05) is 30.3 Å². The third kappa shape index (κ3) is 4.69. The summed E-state index contributed by atoms with van der Waals surface area (Å²) >= 11 is 5.22. The molecule has 0 aliphatic carbocycles. The number of hydrogen-bond acceptors (Lipinski definition) is 1. The molecule has 0 radical (unpaired) electrons. The Morgan fingerprint density at radius 3 is 2.26 bits per heavy atom. The third-order valence-corrected chi connectivity index (χ3v) is 3.67.